The smallest absolute Gasteiger partial charge is 0.223 e. The number of nitrogens with zero attached hydrogens (tertiary/aromatic N) is 2. The Morgan fingerprint density at radius 2 is 2.19 bits per heavy atom. The number of hydrogen-bond donors (Lipinski definition) is 0. The van der Waals surface area contributed by atoms with E-state index in [2.05, 4.69) is 34.3 Å². The molecule has 1 unspecified atom stereocenters. The third-order valence-electron chi connectivity index (χ3n) is 4.44. The number of rotatable bonds is 4. The van der Waals surface area contributed by atoms with E-state index >= 15 is 0 Å². The molecule has 21 heavy (non-hydrogen) atoms. The second-order valence-corrected chi connectivity index (χ2v) is 6.46. The lowest BCUT2D eigenvalue weighted by molar-refractivity contribution is -0.131. The molecule has 3 heterocycles. The van der Waals surface area contributed by atoms with Crippen molar-refractivity contribution in [3.8, 4) is 0 Å². The van der Waals surface area contributed by atoms with Gasteiger partial charge in [0.25, 0.3) is 0 Å². The molecule has 3 nitrogen and oxygen atoms in total. The highest BCUT2D eigenvalue weighted by Gasteiger charge is 2.28. The monoisotopic (exact) mass is 302 g/mol. The van der Waals surface area contributed by atoms with Crippen molar-refractivity contribution in [3.63, 3.8) is 0 Å². The third-order valence-corrected chi connectivity index (χ3v) is 5.51. The summed E-state index contributed by atoms with van der Waals surface area (Å²) in [5.41, 5.74) is 2.71. The van der Waals surface area contributed by atoms with Crippen molar-refractivity contribution in [2.24, 2.45) is 0 Å². The Hall–Kier alpha value is -1.55. The number of aromatic nitrogens is 1. The number of amides is 1. The van der Waals surface area contributed by atoms with Crippen molar-refractivity contribution in [1.29, 1.82) is 0 Å². The van der Waals surface area contributed by atoms with Crippen molar-refractivity contribution in [1.82, 2.24) is 9.47 Å². The predicted octanol–water partition coefficient (Wildman–Crippen LogP) is 3.50. The fourth-order valence-corrected chi connectivity index (χ4v) is 4.33. The van der Waals surface area contributed by atoms with Gasteiger partial charge in [-0.25, -0.2) is 0 Å². The lowest BCUT2D eigenvalue weighted by Crippen LogP contribution is -2.31. The summed E-state index contributed by atoms with van der Waals surface area (Å²) in [6.07, 6.45) is 3.79. The summed E-state index contributed by atoms with van der Waals surface area (Å²) in [6.45, 7) is 6.70. The lowest BCUT2D eigenvalue weighted by atomic mass is 9.96. The molecule has 2 aromatic rings. The largest absolute Gasteiger partial charge is 0.350 e. The van der Waals surface area contributed by atoms with Crippen molar-refractivity contribution in [3.05, 3.63) is 45.9 Å². The van der Waals surface area contributed by atoms with E-state index < -0.39 is 0 Å². The lowest BCUT2D eigenvalue weighted by Gasteiger charge is -2.23. The summed E-state index contributed by atoms with van der Waals surface area (Å²) in [5, 5.41) is 2.16. The van der Waals surface area contributed by atoms with Crippen LogP contribution >= 0.6 is 11.3 Å². The van der Waals surface area contributed by atoms with Crippen molar-refractivity contribution >= 4 is 17.2 Å². The van der Waals surface area contributed by atoms with Gasteiger partial charge >= 0.3 is 0 Å². The summed E-state index contributed by atoms with van der Waals surface area (Å²) >= 11 is 1.80. The number of thiophene rings is 1. The number of carbonyl (C=O) groups is 1. The minimum atomic E-state index is 0.214. The molecule has 1 aliphatic rings. The van der Waals surface area contributed by atoms with Gasteiger partial charge in [0.1, 0.15) is 0 Å². The van der Waals surface area contributed by atoms with Gasteiger partial charge in [-0.1, -0.05) is 0 Å². The van der Waals surface area contributed by atoms with Crippen LogP contribution in [0.5, 0.6) is 0 Å². The Morgan fingerprint density at radius 3 is 2.95 bits per heavy atom. The maximum Gasteiger partial charge on any atom is 0.223 e. The Labute approximate surface area is 130 Å². The van der Waals surface area contributed by atoms with Gasteiger partial charge in [0.05, 0.1) is 0 Å². The molecule has 3 rings (SSSR count). The molecule has 0 radical (unpaired) electrons. The first kappa shape index (κ1) is 14.4. The molecule has 112 valence electrons. The number of hydrogen-bond acceptors (Lipinski definition) is 2. The van der Waals surface area contributed by atoms with Crippen LogP contribution in [0.4, 0.5) is 0 Å². The van der Waals surface area contributed by atoms with Crippen LogP contribution < -0.4 is 0 Å². The first-order valence-corrected chi connectivity index (χ1v) is 8.61. The zero-order chi connectivity index (χ0) is 14.8. The normalized spacial score (nSPS) is 17.0. The maximum absolute atomic E-state index is 12.6. The SMILES string of the molecule is CCN(CC)C(=O)CC1c2sccc2CCn2cccc21. The van der Waals surface area contributed by atoms with Gasteiger partial charge in [0.15, 0.2) is 0 Å². The predicted molar refractivity (Wildman–Crippen MR) is 86.8 cm³/mol. The summed E-state index contributed by atoms with van der Waals surface area (Å²) in [5.74, 6) is 0.476. The molecule has 1 amide bonds. The number of aryl methyl sites for hydroxylation is 2. The second kappa shape index (κ2) is 6.06. The van der Waals surface area contributed by atoms with Crippen LogP contribution in [-0.2, 0) is 17.8 Å². The van der Waals surface area contributed by atoms with E-state index in [0.29, 0.717) is 6.42 Å². The average Bonchev–Trinajstić information content (AvgIpc) is 3.11. The zero-order valence-corrected chi connectivity index (χ0v) is 13.5. The topological polar surface area (TPSA) is 25.2 Å². The quantitative estimate of drug-likeness (QED) is 0.848. The molecule has 1 atom stereocenters. The van der Waals surface area contributed by atoms with Crippen LogP contribution in [0.3, 0.4) is 0 Å². The molecule has 1 aliphatic heterocycles. The maximum atomic E-state index is 12.6. The highest BCUT2D eigenvalue weighted by Crippen LogP contribution is 2.37. The summed E-state index contributed by atoms with van der Waals surface area (Å²) < 4.78 is 2.31. The fraction of sp³-hybridized carbons (Fsp3) is 0.471. The Kier molecular flexibility index (Phi) is 4.15. The molecular weight excluding hydrogens is 280 g/mol. The van der Waals surface area contributed by atoms with Crippen molar-refractivity contribution in [2.45, 2.75) is 39.2 Å². The fourth-order valence-electron chi connectivity index (χ4n) is 3.26. The van der Waals surface area contributed by atoms with Crippen molar-refractivity contribution < 1.29 is 4.79 Å². The Bertz CT molecular complexity index is 582. The van der Waals surface area contributed by atoms with E-state index in [1.165, 1.54) is 16.1 Å². The molecule has 0 bridgehead atoms. The number of carbonyl (C=O) groups excluding carboxylic acids is 1. The zero-order valence-electron chi connectivity index (χ0n) is 12.7. The summed E-state index contributed by atoms with van der Waals surface area (Å²) in [4.78, 5) is 15.9. The minimum Gasteiger partial charge on any atom is -0.350 e. The molecule has 4 heteroatoms. The van der Waals surface area contributed by atoms with Gasteiger partial charge < -0.3 is 9.47 Å². The Balaban J connectivity index is 1.94. The van der Waals surface area contributed by atoms with Gasteiger partial charge in [-0.2, -0.15) is 0 Å². The van der Waals surface area contributed by atoms with Crippen LogP contribution in [0.1, 0.15) is 42.3 Å². The van der Waals surface area contributed by atoms with Crippen LogP contribution in [0, 0.1) is 0 Å². The molecule has 0 aromatic carbocycles. The minimum absolute atomic E-state index is 0.214. The molecule has 0 fully saturated rings. The van der Waals surface area contributed by atoms with Crippen LogP contribution in [0.15, 0.2) is 29.8 Å². The molecule has 0 saturated heterocycles. The third kappa shape index (κ3) is 2.64. The van der Waals surface area contributed by atoms with E-state index in [-0.39, 0.29) is 11.8 Å². The molecule has 0 aliphatic carbocycles. The molecular formula is C17H22N2OS. The van der Waals surface area contributed by atoms with Crippen LogP contribution in [-0.4, -0.2) is 28.5 Å². The standard InChI is InChI=1S/C17H22N2OS/c1-3-18(4-2)16(20)12-14-15-6-5-9-19(15)10-7-13-8-11-21-17(13)14/h5-6,8-9,11,14H,3-4,7,10,12H2,1-2H3. The molecule has 0 spiro atoms. The first-order valence-electron chi connectivity index (χ1n) is 7.73. The van der Waals surface area contributed by atoms with Crippen LogP contribution in [0.2, 0.25) is 0 Å². The molecule has 2 aromatic heterocycles. The van der Waals surface area contributed by atoms with Gasteiger partial charge in [-0.3, -0.25) is 4.79 Å². The molecule has 0 N–H and O–H groups in total. The van der Waals surface area contributed by atoms with E-state index in [0.717, 1.165) is 26.1 Å². The second-order valence-electron chi connectivity index (χ2n) is 5.51. The van der Waals surface area contributed by atoms with E-state index in [4.69, 9.17) is 0 Å². The first-order chi connectivity index (χ1) is 10.2. The number of fused-ring (bicyclic) bond motifs is 2. The van der Waals surface area contributed by atoms with Gasteiger partial charge in [0.2, 0.25) is 5.91 Å². The van der Waals surface area contributed by atoms with E-state index in [1.54, 1.807) is 11.3 Å². The summed E-state index contributed by atoms with van der Waals surface area (Å²) in [7, 11) is 0. The van der Waals surface area contributed by atoms with E-state index in [9.17, 15) is 4.79 Å². The van der Waals surface area contributed by atoms with Crippen molar-refractivity contribution in [2.75, 3.05) is 13.1 Å². The van der Waals surface area contributed by atoms with Gasteiger partial charge in [-0.05, 0) is 49.4 Å². The highest BCUT2D eigenvalue weighted by atomic mass is 32.1. The van der Waals surface area contributed by atoms with Gasteiger partial charge in [-0.15, -0.1) is 11.3 Å². The Morgan fingerprint density at radius 1 is 1.38 bits per heavy atom. The van der Waals surface area contributed by atoms with Gasteiger partial charge in [0, 0.05) is 48.7 Å². The average molecular weight is 302 g/mol. The van der Waals surface area contributed by atoms with E-state index in [1.807, 2.05) is 18.7 Å². The summed E-state index contributed by atoms with van der Waals surface area (Å²) in [6, 6.07) is 6.50. The molecule has 0 saturated carbocycles. The van der Waals surface area contributed by atoms with Crippen LogP contribution in [0.25, 0.3) is 0 Å². The highest BCUT2D eigenvalue weighted by molar-refractivity contribution is 7.10.